The minimum Gasteiger partial charge on any atom is -0.353 e. The lowest BCUT2D eigenvalue weighted by Crippen LogP contribution is -2.23. The molecule has 1 aliphatic rings. The number of hydrogen-bond donors (Lipinski definition) is 1. The molecular formula is C16H18N2S. The monoisotopic (exact) mass is 270 g/mol. The van der Waals surface area contributed by atoms with Crippen LogP contribution in [0.1, 0.15) is 30.0 Å². The summed E-state index contributed by atoms with van der Waals surface area (Å²) in [4.78, 5) is 5.69. The molecule has 1 N–H and O–H groups in total. The fraction of sp³-hybridized carbons (Fsp3) is 0.312. The summed E-state index contributed by atoms with van der Waals surface area (Å²) in [6.45, 7) is 2.17. The van der Waals surface area contributed by atoms with Crippen molar-refractivity contribution in [3.8, 4) is 0 Å². The predicted octanol–water partition coefficient (Wildman–Crippen LogP) is 4.08. The fourth-order valence-electron chi connectivity index (χ4n) is 2.88. The smallest absolute Gasteiger partial charge is 0.108 e. The van der Waals surface area contributed by atoms with Crippen LogP contribution in [0, 0.1) is 4.64 Å². The van der Waals surface area contributed by atoms with Gasteiger partial charge in [-0.2, -0.15) is 0 Å². The molecule has 0 aliphatic carbocycles. The number of benzene rings is 1. The topological polar surface area (TPSA) is 19.0 Å². The average Bonchev–Trinajstić information content (AvgIpc) is 2.88. The molecule has 0 bridgehead atoms. The van der Waals surface area contributed by atoms with Crippen LogP contribution in [-0.4, -0.2) is 16.4 Å². The molecule has 1 aliphatic heterocycles. The Kier molecular flexibility index (Phi) is 3.76. The molecular weight excluding hydrogens is 252 g/mol. The molecule has 0 saturated carbocycles. The molecule has 19 heavy (non-hydrogen) atoms. The molecule has 1 aromatic heterocycles. The quantitative estimate of drug-likeness (QED) is 0.847. The molecule has 0 radical (unpaired) electrons. The Bertz CT molecular complexity index is 591. The molecule has 1 saturated heterocycles. The molecule has 0 spiro atoms. The van der Waals surface area contributed by atoms with E-state index in [1.165, 1.54) is 24.0 Å². The summed E-state index contributed by atoms with van der Waals surface area (Å²) in [5.74, 6) is 0. The normalized spacial score (nSPS) is 19.7. The zero-order valence-corrected chi connectivity index (χ0v) is 11.7. The van der Waals surface area contributed by atoms with Crippen molar-refractivity contribution in [1.29, 1.82) is 0 Å². The van der Waals surface area contributed by atoms with E-state index in [2.05, 4.69) is 46.3 Å². The van der Waals surface area contributed by atoms with E-state index in [1.807, 2.05) is 12.3 Å². The Hall–Kier alpha value is -1.45. The van der Waals surface area contributed by atoms with Crippen LogP contribution in [0.5, 0.6) is 0 Å². The SMILES string of the molecule is S=c1[nH]cccc1[C@H]1CCCN1Cc1ccccc1. The fourth-order valence-corrected chi connectivity index (χ4v) is 3.15. The van der Waals surface area contributed by atoms with Gasteiger partial charge in [0, 0.05) is 24.3 Å². The predicted molar refractivity (Wildman–Crippen MR) is 80.5 cm³/mol. The summed E-state index contributed by atoms with van der Waals surface area (Å²) in [7, 11) is 0. The number of aromatic amines is 1. The molecule has 1 aromatic carbocycles. The number of H-pyrrole nitrogens is 1. The number of nitrogens with zero attached hydrogens (tertiary/aromatic N) is 1. The second-order valence-corrected chi connectivity index (χ2v) is 5.48. The van der Waals surface area contributed by atoms with Crippen molar-refractivity contribution in [2.75, 3.05) is 6.54 Å². The van der Waals surface area contributed by atoms with Crippen molar-refractivity contribution in [3.63, 3.8) is 0 Å². The van der Waals surface area contributed by atoms with Gasteiger partial charge in [0.2, 0.25) is 0 Å². The van der Waals surface area contributed by atoms with Crippen LogP contribution >= 0.6 is 12.2 Å². The van der Waals surface area contributed by atoms with Crippen LogP contribution in [0.15, 0.2) is 48.7 Å². The van der Waals surface area contributed by atoms with E-state index < -0.39 is 0 Å². The Morgan fingerprint density at radius 3 is 2.79 bits per heavy atom. The third-order valence-corrected chi connectivity index (χ3v) is 4.15. The minimum atomic E-state index is 0.463. The summed E-state index contributed by atoms with van der Waals surface area (Å²) >= 11 is 5.42. The van der Waals surface area contributed by atoms with Gasteiger partial charge in [-0.1, -0.05) is 48.6 Å². The van der Waals surface area contributed by atoms with E-state index in [9.17, 15) is 0 Å². The van der Waals surface area contributed by atoms with E-state index in [1.54, 1.807) is 0 Å². The molecule has 0 amide bonds. The molecule has 98 valence electrons. The first kappa shape index (κ1) is 12.6. The van der Waals surface area contributed by atoms with Crippen LogP contribution in [0.4, 0.5) is 0 Å². The van der Waals surface area contributed by atoms with Gasteiger partial charge >= 0.3 is 0 Å². The second-order valence-electron chi connectivity index (χ2n) is 5.07. The second kappa shape index (κ2) is 5.68. The van der Waals surface area contributed by atoms with Gasteiger partial charge in [-0.3, -0.25) is 4.90 Å². The summed E-state index contributed by atoms with van der Waals surface area (Å²) in [6.07, 6.45) is 4.36. The van der Waals surface area contributed by atoms with E-state index in [0.29, 0.717) is 6.04 Å². The average molecular weight is 270 g/mol. The van der Waals surface area contributed by atoms with Crippen LogP contribution in [0.2, 0.25) is 0 Å². The van der Waals surface area contributed by atoms with Crippen LogP contribution in [-0.2, 0) is 6.54 Å². The highest BCUT2D eigenvalue weighted by atomic mass is 32.1. The van der Waals surface area contributed by atoms with E-state index in [0.717, 1.165) is 17.7 Å². The van der Waals surface area contributed by atoms with Crippen LogP contribution in [0.25, 0.3) is 0 Å². The number of likely N-dealkylation sites (tertiary alicyclic amines) is 1. The van der Waals surface area contributed by atoms with Gasteiger partial charge in [0.05, 0.1) is 0 Å². The molecule has 1 fully saturated rings. The molecule has 1 atom stereocenters. The number of rotatable bonds is 3. The summed E-state index contributed by atoms with van der Waals surface area (Å²) in [6, 6.07) is 15.3. The lowest BCUT2D eigenvalue weighted by Gasteiger charge is -2.24. The first-order valence-electron chi connectivity index (χ1n) is 6.80. The summed E-state index contributed by atoms with van der Waals surface area (Å²) in [5.41, 5.74) is 2.64. The van der Waals surface area contributed by atoms with Gasteiger partial charge in [-0.15, -0.1) is 0 Å². The number of nitrogens with one attached hydrogen (secondary N) is 1. The van der Waals surface area contributed by atoms with Gasteiger partial charge < -0.3 is 4.98 Å². The van der Waals surface area contributed by atoms with Gasteiger partial charge in [0.15, 0.2) is 0 Å². The largest absolute Gasteiger partial charge is 0.353 e. The Balaban J connectivity index is 1.83. The van der Waals surface area contributed by atoms with Crippen LogP contribution < -0.4 is 0 Å². The lowest BCUT2D eigenvalue weighted by molar-refractivity contribution is 0.248. The summed E-state index contributed by atoms with van der Waals surface area (Å²) < 4.78 is 0.882. The van der Waals surface area contributed by atoms with Crippen molar-refractivity contribution >= 4 is 12.2 Å². The molecule has 3 rings (SSSR count). The number of hydrogen-bond acceptors (Lipinski definition) is 2. The van der Waals surface area contributed by atoms with Gasteiger partial charge in [0.1, 0.15) is 4.64 Å². The maximum absolute atomic E-state index is 5.42. The van der Waals surface area contributed by atoms with Gasteiger partial charge in [-0.25, -0.2) is 0 Å². The molecule has 2 aromatic rings. The van der Waals surface area contributed by atoms with E-state index in [-0.39, 0.29) is 0 Å². The highest BCUT2D eigenvalue weighted by Crippen LogP contribution is 2.33. The Labute approximate surface area is 119 Å². The van der Waals surface area contributed by atoms with E-state index >= 15 is 0 Å². The van der Waals surface area contributed by atoms with Crippen molar-refractivity contribution in [3.05, 3.63) is 64.4 Å². The van der Waals surface area contributed by atoms with Gasteiger partial charge in [-0.05, 0) is 31.0 Å². The summed E-state index contributed by atoms with van der Waals surface area (Å²) in [5, 5.41) is 0. The minimum absolute atomic E-state index is 0.463. The zero-order valence-electron chi connectivity index (χ0n) is 10.9. The molecule has 2 nitrogen and oxygen atoms in total. The molecule has 2 heterocycles. The number of aromatic nitrogens is 1. The Morgan fingerprint density at radius 2 is 2.00 bits per heavy atom. The first-order valence-corrected chi connectivity index (χ1v) is 7.21. The lowest BCUT2D eigenvalue weighted by atomic mass is 10.1. The zero-order chi connectivity index (χ0) is 13.1. The van der Waals surface area contributed by atoms with Crippen LogP contribution in [0.3, 0.4) is 0 Å². The number of pyridine rings is 1. The molecule has 0 unspecified atom stereocenters. The molecule has 3 heteroatoms. The van der Waals surface area contributed by atoms with E-state index in [4.69, 9.17) is 12.2 Å². The third-order valence-electron chi connectivity index (χ3n) is 3.80. The maximum Gasteiger partial charge on any atom is 0.108 e. The third kappa shape index (κ3) is 2.77. The van der Waals surface area contributed by atoms with Crippen molar-refractivity contribution in [2.24, 2.45) is 0 Å². The van der Waals surface area contributed by atoms with Crippen molar-refractivity contribution < 1.29 is 0 Å². The first-order chi connectivity index (χ1) is 9.34. The van der Waals surface area contributed by atoms with Crippen molar-refractivity contribution in [1.82, 2.24) is 9.88 Å². The maximum atomic E-state index is 5.42. The highest BCUT2D eigenvalue weighted by molar-refractivity contribution is 7.71. The van der Waals surface area contributed by atoms with Gasteiger partial charge in [0.25, 0.3) is 0 Å². The highest BCUT2D eigenvalue weighted by Gasteiger charge is 2.26. The van der Waals surface area contributed by atoms with Crippen molar-refractivity contribution in [2.45, 2.75) is 25.4 Å². The standard InChI is InChI=1S/C16H18N2S/c19-16-14(8-4-10-17-16)15-9-5-11-18(15)12-13-6-2-1-3-7-13/h1-4,6-8,10,15H,5,9,11-12H2,(H,17,19)/t15-/m1/s1. The Morgan fingerprint density at radius 1 is 1.16 bits per heavy atom.